The summed E-state index contributed by atoms with van der Waals surface area (Å²) in [6.07, 6.45) is 0.966. The summed E-state index contributed by atoms with van der Waals surface area (Å²) in [5.74, 6) is -0.207. The van der Waals surface area contributed by atoms with Gasteiger partial charge in [0.15, 0.2) is 0 Å². The van der Waals surface area contributed by atoms with Gasteiger partial charge in [-0.25, -0.2) is 4.39 Å². The fraction of sp³-hybridized carbons (Fsp3) is 0.500. The van der Waals surface area contributed by atoms with Gasteiger partial charge in [0.2, 0.25) is 0 Å². The van der Waals surface area contributed by atoms with Crippen LogP contribution in [0.2, 0.25) is 0 Å². The molecule has 2 unspecified atom stereocenters. The number of halogens is 1. The molecular formula is C12H16FNO. The van der Waals surface area contributed by atoms with Crippen molar-refractivity contribution in [3.8, 4) is 0 Å². The first-order valence-electron chi connectivity index (χ1n) is 5.30. The molecule has 1 saturated heterocycles. The molecule has 2 N–H and O–H groups in total. The van der Waals surface area contributed by atoms with Crippen molar-refractivity contribution >= 4 is 0 Å². The molecule has 0 amide bonds. The van der Waals surface area contributed by atoms with E-state index >= 15 is 0 Å². The molecule has 15 heavy (non-hydrogen) atoms. The summed E-state index contributed by atoms with van der Waals surface area (Å²) >= 11 is 0. The molecule has 0 spiro atoms. The fourth-order valence-corrected chi connectivity index (χ4v) is 2.27. The minimum absolute atomic E-state index is 0.207. The van der Waals surface area contributed by atoms with E-state index in [9.17, 15) is 9.50 Å². The van der Waals surface area contributed by atoms with Crippen LogP contribution in [0.5, 0.6) is 0 Å². The summed E-state index contributed by atoms with van der Waals surface area (Å²) in [5.41, 5.74) is 0.201. The molecule has 2 rings (SSSR count). The lowest BCUT2D eigenvalue weighted by molar-refractivity contribution is 0.0820. The van der Waals surface area contributed by atoms with Gasteiger partial charge in [0.05, 0.1) is 6.10 Å². The Morgan fingerprint density at radius 2 is 2.20 bits per heavy atom. The molecule has 0 aliphatic carbocycles. The Kier molecular flexibility index (Phi) is 2.76. The molecular weight excluding hydrogens is 193 g/mol. The zero-order valence-corrected chi connectivity index (χ0v) is 8.83. The zero-order valence-electron chi connectivity index (χ0n) is 8.83. The van der Waals surface area contributed by atoms with Gasteiger partial charge in [0.1, 0.15) is 5.82 Å². The van der Waals surface area contributed by atoms with Crippen LogP contribution in [-0.2, 0) is 5.54 Å². The van der Waals surface area contributed by atoms with Crippen molar-refractivity contribution in [2.45, 2.75) is 31.4 Å². The van der Waals surface area contributed by atoms with Crippen molar-refractivity contribution in [1.82, 2.24) is 5.32 Å². The highest BCUT2D eigenvalue weighted by Crippen LogP contribution is 2.31. The van der Waals surface area contributed by atoms with Crippen molar-refractivity contribution in [1.29, 1.82) is 0 Å². The Morgan fingerprint density at radius 1 is 1.47 bits per heavy atom. The second-order valence-corrected chi connectivity index (χ2v) is 4.39. The zero-order chi connectivity index (χ0) is 10.9. The molecule has 0 radical (unpaired) electrons. The predicted octanol–water partition coefficient (Wildman–Crippen LogP) is 1.79. The molecule has 2 nitrogen and oxygen atoms in total. The van der Waals surface area contributed by atoms with Crippen molar-refractivity contribution < 1.29 is 9.50 Å². The molecule has 0 saturated carbocycles. The number of aliphatic hydroxyl groups excluding tert-OH is 1. The lowest BCUT2D eigenvalue weighted by atomic mass is 9.82. The number of benzene rings is 1. The maximum absolute atomic E-state index is 13.6. The monoisotopic (exact) mass is 209 g/mol. The molecule has 1 aliphatic heterocycles. The van der Waals surface area contributed by atoms with Crippen molar-refractivity contribution in [3.63, 3.8) is 0 Å². The van der Waals surface area contributed by atoms with Crippen molar-refractivity contribution in [2.75, 3.05) is 6.54 Å². The van der Waals surface area contributed by atoms with Crippen LogP contribution < -0.4 is 5.32 Å². The van der Waals surface area contributed by atoms with Gasteiger partial charge in [-0.05, 0) is 32.4 Å². The van der Waals surface area contributed by atoms with Crippen LogP contribution in [0.15, 0.2) is 24.3 Å². The fourth-order valence-electron chi connectivity index (χ4n) is 2.27. The summed E-state index contributed by atoms with van der Waals surface area (Å²) < 4.78 is 13.6. The first-order valence-corrected chi connectivity index (χ1v) is 5.30. The smallest absolute Gasteiger partial charge is 0.128 e. The largest absolute Gasteiger partial charge is 0.393 e. The van der Waals surface area contributed by atoms with E-state index < -0.39 is 5.54 Å². The van der Waals surface area contributed by atoms with E-state index in [2.05, 4.69) is 5.32 Å². The summed E-state index contributed by atoms with van der Waals surface area (Å²) in [6.45, 7) is 2.67. The molecule has 1 aliphatic rings. The Morgan fingerprint density at radius 3 is 2.87 bits per heavy atom. The molecule has 0 aromatic heterocycles. The summed E-state index contributed by atoms with van der Waals surface area (Å²) in [6, 6.07) is 6.75. The first kappa shape index (κ1) is 10.6. The molecule has 1 fully saturated rings. The first-order chi connectivity index (χ1) is 7.12. The minimum Gasteiger partial charge on any atom is -0.393 e. The Bertz CT molecular complexity index is 355. The van der Waals surface area contributed by atoms with Crippen LogP contribution in [0.3, 0.4) is 0 Å². The Hall–Kier alpha value is -0.930. The van der Waals surface area contributed by atoms with Gasteiger partial charge in [-0.2, -0.15) is 0 Å². The molecule has 0 bridgehead atoms. The van der Waals surface area contributed by atoms with Crippen molar-refractivity contribution in [2.24, 2.45) is 0 Å². The van der Waals surface area contributed by atoms with Gasteiger partial charge in [-0.15, -0.1) is 0 Å². The van der Waals surface area contributed by atoms with E-state index in [0.717, 1.165) is 13.0 Å². The number of nitrogens with one attached hydrogen (secondary N) is 1. The van der Waals surface area contributed by atoms with Crippen LogP contribution >= 0.6 is 0 Å². The summed E-state index contributed by atoms with van der Waals surface area (Å²) in [4.78, 5) is 0. The second-order valence-electron chi connectivity index (χ2n) is 4.39. The molecule has 1 aromatic carbocycles. The second kappa shape index (κ2) is 3.91. The van der Waals surface area contributed by atoms with Crippen LogP contribution in [0.1, 0.15) is 25.3 Å². The maximum atomic E-state index is 13.6. The molecule has 3 heteroatoms. The standard InChI is InChI=1S/C12H16FNO/c1-12(8-9(15)6-7-14-12)10-4-2-3-5-11(10)13/h2-5,9,14-15H,6-8H2,1H3. The normalized spacial score (nSPS) is 31.5. The molecule has 1 heterocycles. The van der Waals surface area contributed by atoms with Gasteiger partial charge in [-0.3, -0.25) is 0 Å². The van der Waals surface area contributed by atoms with Gasteiger partial charge in [0.25, 0.3) is 0 Å². The van der Waals surface area contributed by atoms with Gasteiger partial charge in [-0.1, -0.05) is 18.2 Å². The van der Waals surface area contributed by atoms with Crippen LogP contribution in [-0.4, -0.2) is 17.8 Å². The summed E-state index contributed by atoms with van der Waals surface area (Å²) in [5, 5.41) is 12.9. The van der Waals surface area contributed by atoms with Crippen molar-refractivity contribution in [3.05, 3.63) is 35.6 Å². The van der Waals surface area contributed by atoms with Crippen LogP contribution in [0, 0.1) is 5.82 Å². The number of aliphatic hydroxyl groups is 1. The van der Waals surface area contributed by atoms with Gasteiger partial charge >= 0.3 is 0 Å². The number of hydrogen-bond donors (Lipinski definition) is 2. The lowest BCUT2D eigenvalue weighted by Crippen LogP contribution is -2.48. The Balaban J connectivity index is 2.32. The van der Waals surface area contributed by atoms with E-state index in [4.69, 9.17) is 0 Å². The van der Waals surface area contributed by atoms with E-state index in [1.807, 2.05) is 13.0 Å². The average molecular weight is 209 g/mol. The highest BCUT2D eigenvalue weighted by atomic mass is 19.1. The topological polar surface area (TPSA) is 32.3 Å². The molecule has 2 atom stereocenters. The lowest BCUT2D eigenvalue weighted by Gasteiger charge is -2.38. The quantitative estimate of drug-likeness (QED) is 0.739. The average Bonchev–Trinajstić information content (AvgIpc) is 2.17. The highest BCUT2D eigenvalue weighted by molar-refractivity contribution is 5.26. The number of piperidine rings is 1. The summed E-state index contributed by atoms with van der Waals surface area (Å²) in [7, 11) is 0. The van der Waals surface area contributed by atoms with Crippen LogP contribution in [0.25, 0.3) is 0 Å². The third-order valence-electron chi connectivity index (χ3n) is 3.10. The van der Waals surface area contributed by atoms with Crippen LogP contribution in [0.4, 0.5) is 4.39 Å². The molecule has 82 valence electrons. The third-order valence-corrected chi connectivity index (χ3v) is 3.10. The van der Waals surface area contributed by atoms with E-state index in [-0.39, 0.29) is 11.9 Å². The third kappa shape index (κ3) is 2.03. The minimum atomic E-state index is -0.441. The van der Waals surface area contributed by atoms with Gasteiger partial charge < -0.3 is 10.4 Å². The number of hydrogen-bond acceptors (Lipinski definition) is 2. The SMILES string of the molecule is CC1(c2ccccc2F)CC(O)CCN1. The van der Waals surface area contributed by atoms with E-state index in [1.54, 1.807) is 12.1 Å². The van der Waals surface area contributed by atoms with Gasteiger partial charge in [0, 0.05) is 11.1 Å². The van der Waals surface area contributed by atoms with E-state index in [1.165, 1.54) is 6.07 Å². The Labute approximate surface area is 89.1 Å². The predicted molar refractivity (Wildman–Crippen MR) is 57.0 cm³/mol. The highest BCUT2D eigenvalue weighted by Gasteiger charge is 2.34. The molecule has 1 aromatic rings. The van der Waals surface area contributed by atoms with E-state index in [0.29, 0.717) is 12.0 Å². The maximum Gasteiger partial charge on any atom is 0.128 e. The number of rotatable bonds is 1.